The van der Waals surface area contributed by atoms with Crippen LogP contribution < -0.4 is 16.4 Å². The molecule has 0 spiro atoms. The van der Waals surface area contributed by atoms with Gasteiger partial charge in [0.25, 0.3) is 0 Å². The van der Waals surface area contributed by atoms with Crippen LogP contribution in [0, 0.1) is 5.82 Å². The maximum absolute atomic E-state index is 13.2. The number of urea groups is 1. The summed E-state index contributed by atoms with van der Waals surface area (Å²) in [6, 6.07) is 3.75. The van der Waals surface area contributed by atoms with E-state index in [9.17, 15) is 14.0 Å². The largest absolute Gasteiger partial charge is 0.396 e. The Hall–Kier alpha value is -1.76. The van der Waals surface area contributed by atoms with Gasteiger partial charge >= 0.3 is 6.03 Å². The molecule has 0 bridgehead atoms. The van der Waals surface area contributed by atoms with Gasteiger partial charge in [0.2, 0.25) is 5.91 Å². The number of anilines is 1. The van der Waals surface area contributed by atoms with Crippen LogP contribution in [0.1, 0.15) is 20.8 Å². The molecule has 0 unspecified atom stereocenters. The van der Waals surface area contributed by atoms with Gasteiger partial charge in [-0.05, 0) is 39.0 Å². The predicted molar refractivity (Wildman–Crippen MR) is 78.0 cm³/mol. The Bertz CT molecular complexity index is 515. The number of hydrogen-bond donors (Lipinski definition) is 3. The van der Waals surface area contributed by atoms with Crippen LogP contribution in [0.2, 0.25) is 0 Å². The number of hydrogen-bond acceptors (Lipinski definition) is 4. The molecule has 1 aromatic carbocycles. The Morgan fingerprint density at radius 2 is 2.00 bits per heavy atom. The molecule has 4 N–H and O–H groups in total. The minimum atomic E-state index is -0.549. The second-order valence-corrected chi connectivity index (χ2v) is 6.27. The third kappa shape index (κ3) is 5.92. The lowest BCUT2D eigenvalue weighted by Gasteiger charge is -2.20. The highest BCUT2D eigenvalue weighted by Gasteiger charge is 2.15. The SMILES string of the molecule is CC(C)(C)NC(=O)NC(=O)CSc1ccc(N)c(F)c1. The van der Waals surface area contributed by atoms with E-state index in [1.165, 1.54) is 12.1 Å². The fraction of sp³-hybridized carbons (Fsp3) is 0.385. The lowest BCUT2D eigenvalue weighted by atomic mass is 10.1. The van der Waals surface area contributed by atoms with Crippen LogP contribution in [0.4, 0.5) is 14.9 Å². The van der Waals surface area contributed by atoms with Crippen LogP contribution in [0.5, 0.6) is 0 Å². The summed E-state index contributed by atoms with van der Waals surface area (Å²) >= 11 is 1.12. The van der Waals surface area contributed by atoms with Crippen molar-refractivity contribution in [2.75, 3.05) is 11.5 Å². The van der Waals surface area contributed by atoms with Gasteiger partial charge in [-0.3, -0.25) is 10.1 Å². The lowest BCUT2D eigenvalue weighted by Crippen LogP contribution is -2.48. The third-order valence-corrected chi connectivity index (χ3v) is 3.08. The van der Waals surface area contributed by atoms with Crippen LogP contribution in [0.3, 0.4) is 0 Å². The summed E-state index contributed by atoms with van der Waals surface area (Å²) < 4.78 is 13.2. The van der Waals surface area contributed by atoms with Gasteiger partial charge in [0.15, 0.2) is 0 Å². The van der Waals surface area contributed by atoms with E-state index in [-0.39, 0.29) is 11.4 Å². The summed E-state index contributed by atoms with van der Waals surface area (Å²) in [6.07, 6.45) is 0. The summed E-state index contributed by atoms with van der Waals surface area (Å²) in [5, 5.41) is 4.81. The van der Waals surface area contributed by atoms with E-state index in [1.54, 1.807) is 6.07 Å². The van der Waals surface area contributed by atoms with Crippen molar-refractivity contribution in [2.45, 2.75) is 31.2 Å². The molecule has 0 atom stereocenters. The maximum Gasteiger partial charge on any atom is 0.321 e. The number of amides is 3. The molecule has 0 heterocycles. The Kier molecular flexibility index (Phi) is 5.38. The van der Waals surface area contributed by atoms with Crippen LogP contribution in [0.15, 0.2) is 23.1 Å². The lowest BCUT2D eigenvalue weighted by molar-refractivity contribution is -0.117. The van der Waals surface area contributed by atoms with Gasteiger partial charge in [0.1, 0.15) is 5.82 Å². The highest BCUT2D eigenvalue weighted by atomic mass is 32.2. The highest BCUT2D eigenvalue weighted by molar-refractivity contribution is 8.00. The molecular formula is C13H18FN3O2S. The zero-order valence-electron chi connectivity index (χ0n) is 11.6. The molecule has 3 amide bonds. The Morgan fingerprint density at radius 3 is 2.55 bits per heavy atom. The topological polar surface area (TPSA) is 84.2 Å². The van der Waals surface area contributed by atoms with Crippen molar-refractivity contribution in [1.29, 1.82) is 0 Å². The minimum absolute atomic E-state index is 0.0148. The normalized spacial score (nSPS) is 11.0. The number of imide groups is 1. The fourth-order valence-electron chi connectivity index (χ4n) is 1.28. The van der Waals surface area contributed by atoms with Crippen molar-refractivity contribution in [3.63, 3.8) is 0 Å². The van der Waals surface area contributed by atoms with E-state index >= 15 is 0 Å². The molecule has 0 aromatic heterocycles. The maximum atomic E-state index is 13.2. The molecule has 5 nitrogen and oxygen atoms in total. The van der Waals surface area contributed by atoms with E-state index in [4.69, 9.17) is 5.73 Å². The zero-order chi connectivity index (χ0) is 15.3. The van der Waals surface area contributed by atoms with Crippen molar-refractivity contribution in [3.05, 3.63) is 24.0 Å². The van der Waals surface area contributed by atoms with Crippen LogP contribution >= 0.6 is 11.8 Å². The van der Waals surface area contributed by atoms with Gasteiger partial charge in [0.05, 0.1) is 11.4 Å². The van der Waals surface area contributed by atoms with Crippen LogP contribution in [-0.4, -0.2) is 23.2 Å². The molecule has 0 saturated heterocycles. The second kappa shape index (κ2) is 6.60. The number of nitrogens with one attached hydrogen (secondary N) is 2. The molecule has 1 aromatic rings. The quantitative estimate of drug-likeness (QED) is 0.589. The number of rotatable bonds is 3. The van der Waals surface area contributed by atoms with Crippen molar-refractivity contribution >= 4 is 29.4 Å². The Labute approximate surface area is 121 Å². The minimum Gasteiger partial charge on any atom is -0.396 e. The molecule has 0 radical (unpaired) electrons. The molecule has 0 aliphatic rings. The fourth-order valence-corrected chi connectivity index (χ4v) is 2.00. The highest BCUT2D eigenvalue weighted by Crippen LogP contribution is 2.21. The van der Waals surface area contributed by atoms with E-state index in [1.807, 2.05) is 20.8 Å². The summed E-state index contributed by atoms with van der Waals surface area (Å²) in [7, 11) is 0. The number of halogens is 1. The van der Waals surface area contributed by atoms with Gasteiger partial charge < -0.3 is 11.1 Å². The van der Waals surface area contributed by atoms with Crippen molar-refractivity contribution in [2.24, 2.45) is 0 Å². The summed E-state index contributed by atoms with van der Waals surface area (Å²) in [4.78, 5) is 23.6. The first-order valence-corrected chi connectivity index (χ1v) is 6.96. The van der Waals surface area contributed by atoms with Crippen molar-refractivity contribution in [3.8, 4) is 0 Å². The molecule has 0 fully saturated rings. The van der Waals surface area contributed by atoms with Gasteiger partial charge in [0, 0.05) is 10.4 Å². The molecular weight excluding hydrogens is 281 g/mol. The first-order valence-electron chi connectivity index (χ1n) is 5.97. The summed E-state index contributed by atoms with van der Waals surface area (Å²) in [6.45, 7) is 5.43. The van der Waals surface area contributed by atoms with Crippen LogP contribution in [0.25, 0.3) is 0 Å². The van der Waals surface area contributed by atoms with E-state index in [0.29, 0.717) is 4.90 Å². The van der Waals surface area contributed by atoms with Gasteiger partial charge in [-0.15, -0.1) is 11.8 Å². The Balaban J connectivity index is 2.43. The second-order valence-electron chi connectivity index (χ2n) is 5.22. The standard InChI is InChI=1S/C13H18FN3O2S/c1-13(2,3)17-12(19)16-11(18)7-20-8-4-5-10(15)9(14)6-8/h4-6H,7,15H2,1-3H3,(H2,16,17,18,19). The zero-order valence-corrected chi connectivity index (χ0v) is 12.4. The number of nitrogen functional groups attached to an aromatic ring is 1. The van der Waals surface area contributed by atoms with E-state index in [2.05, 4.69) is 10.6 Å². The van der Waals surface area contributed by atoms with E-state index < -0.39 is 23.3 Å². The number of carbonyl (C=O) groups excluding carboxylic acids is 2. The molecule has 20 heavy (non-hydrogen) atoms. The van der Waals surface area contributed by atoms with Gasteiger partial charge in [-0.1, -0.05) is 0 Å². The number of carbonyl (C=O) groups is 2. The number of thioether (sulfide) groups is 1. The average molecular weight is 299 g/mol. The molecule has 110 valence electrons. The van der Waals surface area contributed by atoms with Crippen molar-refractivity contribution in [1.82, 2.24) is 10.6 Å². The van der Waals surface area contributed by atoms with Crippen LogP contribution in [-0.2, 0) is 4.79 Å². The third-order valence-electron chi connectivity index (χ3n) is 2.08. The molecule has 0 aliphatic carbocycles. The number of nitrogens with two attached hydrogens (primary N) is 1. The van der Waals surface area contributed by atoms with Gasteiger partial charge in [-0.25, -0.2) is 9.18 Å². The monoisotopic (exact) mass is 299 g/mol. The molecule has 0 aliphatic heterocycles. The number of benzene rings is 1. The van der Waals surface area contributed by atoms with Gasteiger partial charge in [-0.2, -0.15) is 0 Å². The summed E-state index contributed by atoms with van der Waals surface area (Å²) in [5.74, 6) is -0.962. The molecule has 7 heteroatoms. The predicted octanol–water partition coefficient (Wildman–Crippen LogP) is 2.12. The summed E-state index contributed by atoms with van der Waals surface area (Å²) in [5.41, 5.74) is 4.99. The van der Waals surface area contributed by atoms with E-state index in [0.717, 1.165) is 11.8 Å². The first-order chi connectivity index (χ1) is 9.17. The smallest absolute Gasteiger partial charge is 0.321 e. The first kappa shape index (κ1) is 16.3. The molecule has 1 rings (SSSR count). The van der Waals surface area contributed by atoms with Crippen molar-refractivity contribution < 1.29 is 14.0 Å². The average Bonchev–Trinajstić information content (AvgIpc) is 2.28. The Morgan fingerprint density at radius 1 is 1.35 bits per heavy atom. The molecule has 0 saturated carbocycles.